The quantitative estimate of drug-likeness (QED) is 0.846. The Morgan fingerprint density at radius 3 is 2.38 bits per heavy atom. The van der Waals surface area contributed by atoms with Gasteiger partial charge in [0.2, 0.25) is 11.8 Å². The van der Waals surface area contributed by atoms with E-state index in [-0.39, 0.29) is 23.6 Å². The molecular weight excluding hydrogens is 366 g/mol. The van der Waals surface area contributed by atoms with Gasteiger partial charge < -0.3 is 15.1 Å². The molecule has 3 amide bonds. The molecule has 0 aromatic heterocycles. The van der Waals surface area contributed by atoms with Crippen LogP contribution in [0.2, 0.25) is 0 Å². The summed E-state index contributed by atoms with van der Waals surface area (Å²) in [5, 5.41) is 2.95. The average Bonchev–Trinajstić information content (AvgIpc) is 3.46. The number of anilines is 1. The Bertz CT molecular complexity index is 766. The molecule has 6 nitrogen and oxygen atoms in total. The van der Waals surface area contributed by atoms with E-state index in [9.17, 15) is 14.4 Å². The number of hydrogen-bond acceptors (Lipinski definition) is 3. The fraction of sp³-hybridized carbons (Fsp3) is 0.609. The number of carbonyl (C=O) groups excluding carboxylic acids is 3. The largest absolute Gasteiger partial charge is 0.339 e. The summed E-state index contributed by atoms with van der Waals surface area (Å²) in [6.45, 7) is 2.27. The van der Waals surface area contributed by atoms with E-state index in [1.807, 2.05) is 4.90 Å². The zero-order valence-electron chi connectivity index (χ0n) is 17.1. The van der Waals surface area contributed by atoms with Gasteiger partial charge in [0.15, 0.2) is 0 Å². The first-order chi connectivity index (χ1) is 14.1. The summed E-state index contributed by atoms with van der Waals surface area (Å²) < 4.78 is 0. The minimum absolute atomic E-state index is 0.0218. The summed E-state index contributed by atoms with van der Waals surface area (Å²) in [7, 11) is 0. The van der Waals surface area contributed by atoms with Gasteiger partial charge in [-0.05, 0) is 56.7 Å². The van der Waals surface area contributed by atoms with Gasteiger partial charge in [-0.15, -0.1) is 0 Å². The fourth-order valence-electron chi connectivity index (χ4n) is 4.95. The molecule has 0 radical (unpaired) electrons. The lowest BCUT2D eigenvalue weighted by Gasteiger charge is -2.30. The number of rotatable bonds is 4. The van der Waals surface area contributed by atoms with E-state index in [2.05, 4.69) is 5.32 Å². The first kappa shape index (κ1) is 19.9. The van der Waals surface area contributed by atoms with Crippen molar-refractivity contribution in [2.24, 2.45) is 5.92 Å². The first-order valence-corrected chi connectivity index (χ1v) is 11.1. The van der Waals surface area contributed by atoms with E-state index in [0.29, 0.717) is 24.2 Å². The zero-order valence-corrected chi connectivity index (χ0v) is 17.1. The van der Waals surface area contributed by atoms with Crippen molar-refractivity contribution in [3.05, 3.63) is 29.8 Å². The van der Waals surface area contributed by atoms with Crippen molar-refractivity contribution in [2.45, 2.75) is 63.8 Å². The number of likely N-dealkylation sites (tertiary alicyclic amines) is 2. The molecule has 1 aromatic carbocycles. The third-order valence-corrected chi connectivity index (χ3v) is 6.56. The van der Waals surface area contributed by atoms with Crippen LogP contribution in [0.5, 0.6) is 0 Å². The van der Waals surface area contributed by atoms with Crippen LogP contribution in [0.25, 0.3) is 0 Å². The van der Waals surface area contributed by atoms with Gasteiger partial charge in [0.05, 0.1) is 0 Å². The van der Waals surface area contributed by atoms with Crippen LogP contribution in [0.4, 0.5) is 5.69 Å². The molecule has 3 fully saturated rings. The lowest BCUT2D eigenvalue weighted by molar-refractivity contribution is -0.141. The van der Waals surface area contributed by atoms with E-state index in [4.69, 9.17) is 0 Å². The molecule has 0 bridgehead atoms. The summed E-state index contributed by atoms with van der Waals surface area (Å²) in [6, 6.07) is 6.76. The minimum atomic E-state index is -0.401. The standard InChI is InChI=1S/C23H31N3O3/c27-21(20-12-7-15-26(20)23(29)17-8-2-1-3-9-17)24-19-11-6-10-18(16-19)22(28)25-13-4-5-14-25/h6,10-11,16-17,20H,1-5,7-9,12-15H2,(H,24,27). The van der Waals surface area contributed by atoms with Crippen LogP contribution in [0.3, 0.4) is 0 Å². The van der Waals surface area contributed by atoms with Crippen molar-refractivity contribution in [2.75, 3.05) is 25.0 Å². The molecule has 0 spiro atoms. The molecule has 1 atom stereocenters. The number of amides is 3. The monoisotopic (exact) mass is 397 g/mol. The van der Waals surface area contributed by atoms with Gasteiger partial charge in [0.25, 0.3) is 5.91 Å². The SMILES string of the molecule is O=C(Nc1cccc(C(=O)N2CCCC2)c1)C1CCCN1C(=O)C1CCCCC1. The first-order valence-electron chi connectivity index (χ1n) is 11.1. The maximum atomic E-state index is 13.0. The van der Waals surface area contributed by atoms with Crippen molar-refractivity contribution in [3.63, 3.8) is 0 Å². The van der Waals surface area contributed by atoms with E-state index in [1.165, 1.54) is 6.42 Å². The molecule has 2 heterocycles. The van der Waals surface area contributed by atoms with Crippen LogP contribution in [-0.2, 0) is 9.59 Å². The Kier molecular flexibility index (Phi) is 6.16. The van der Waals surface area contributed by atoms with Crippen molar-refractivity contribution in [1.29, 1.82) is 0 Å². The van der Waals surface area contributed by atoms with Crippen LogP contribution in [0.15, 0.2) is 24.3 Å². The topological polar surface area (TPSA) is 69.7 Å². The highest BCUT2D eigenvalue weighted by Gasteiger charge is 2.37. The average molecular weight is 398 g/mol. The molecule has 6 heteroatoms. The van der Waals surface area contributed by atoms with Gasteiger partial charge in [-0.3, -0.25) is 14.4 Å². The summed E-state index contributed by atoms with van der Waals surface area (Å²) in [5.74, 6) is 0.116. The van der Waals surface area contributed by atoms with Crippen LogP contribution in [0, 0.1) is 5.92 Å². The Morgan fingerprint density at radius 2 is 1.62 bits per heavy atom. The van der Waals surface area contributed by atoms with Gasteiger partial charge in [-0.25, -0.2) is 0 Å². The van der Waals surface area contributed by atoms with Crippen molar-refractivity contribution in [3.8, 4) is 0 Å². The smallest absolute Gasteiger partial charge is 0.253 e. The third kappa shape index (κ3) is 4.46. The van der Waals surface area contributed by atoms with Crippen molar-refractivity contribution >= 4 is 23.4 Å². The number of hydrogen-bond donors (Lipinski definition) is 1. The predicted molar refractivity (Wildman–Crippen MR) is 112 cm³/mol. The van der Waals surface area contributed by atoms with E-state index in [1.54, 1.807) is 29.2 Å². The number of benzene rings is 1. The van der Waals surface area contributed by atoms with Crippen LogP contribution >= 0.6 is 0 Å². The summed E-state index contributed by atoms with van der Waals surface area (Å²) >= 11 is 0. The molecule has 4 rings (SSSR count). The van der Waals surface area contributed by atoms with E-state index >= 15 is 0 Å². The van der Waals surface area contributed by atoms with Gasteiger partial charge in [0.1, 0.15) is 6.04 Å². The van der Waals surface area contributed by atoms with Crippen LogP contribution in [-0.4, -0.2) is 53.2 Å². The lowest BCUT2D eigenvalue weighted by Crippen LogP contribution is -2.46. The molecule has 1 aliphatic carbocycles. The highest BCUT2D eigenvalue weighted by atomic mass is 16.2. The molecule has 1 aromatic rings. The highest BCUT2D eigenvalue weighted by Crippen LogP contribution is 2.29. The second-order valence-corrected chi connectivity index (χ2v) is 8.59. The van der Waals surface area contributed by atoms with E-state index in [0.717, 1.165) is 58.0 Å². The normalized spacial score (nSPS) is 22.7. The van der Waals surface area contributed by atoms with Crippen LogP contribution in [0.1, 0.15) is 68.1 Å². The lowest BCUT2D eigenvalue weighted by atomic mass is 9.88. The van der Waals surface area contributed by atoms with Gasteiger partial charge in [-0.1, -0.05) is 25.3 Å². The number of nitrogens with one attached hydrogen (secondary N) is 1. The Labute approximate surface area is 172 Å². The van der Waals surface area contributed by atoms with Crippen LogP contribution < -0.4 is 5.32 Å². The van der Waals surface area contributed by atoms with E-state index < -0.39 is 6.04 Å². The van der Waals surface area contributed by atoms with Gasteiger partial charge in [-0.2, -0.15) is 0 Å². The zero-order chi connectivity index (χ0) is 20.2. The molecule has 1 saturated carbocycles. The summed E-state index contributed by atoms with van der Waals surface area (Å²) in [4.78, 5) is 42.2. The fourth-order valence-corrected chi connectivity index (χ4v) is 4.95. The molecule has 29 heavy (non-hydrogen) atoms. The maximum Gasteiger partial charge on any atom is 0.253 e. The molecule has 2 saturated heterocycles. The number of nitrogens with zero attached hydrogens (tertiary/aromatic N) is 2. The third-order valence-electron chi connectivity index (χ3n) is 6.56. The second-order valence-electron chi connectivity index (χ2n) is 8.59. The molecule has 1 unspecified atom stereocenters. The Balaban J connectivity index is 1.41. The van der Waals surface area contributed by atoms with Crippen molar-refractivity contribution < 1.29 is 14.4 Å². The second kappa shape index (κ2) is 8.97. The molecule has 1 N–H and O–H groups in total. The minimum Gasteiger partial charge on any atom is -0.339 e. The van der Waals surface area contributed by atoms with Crippen molar-refractivity contribution in [1.82, 2.24) is 9.80 Å². The Hall–Kier alpha value is -2.37. The van der Waals surface area contributed by atoms with Gasteiger partial charge >= 0.3 is 0 Å². The maximum absolute atomic E-state index is 13.0. The molecule has 2 aliphatic heterocycles. The van der Waals surface area contributed by atoms with Gasteiger partial charge in [0, 0.05) is 36.8 Å². The summed E-state index contributed by atoms with van der Waals surface area (Å²) in [5.41, 5.74) is 1.23. The Morgan fingerprint density at radius 1 is 0.862 bits per heavy atom. The molecule has 156 valence electrons. The molecule has 3 aliphatic rings. The predicted octanol–water partition coefficient (Wildman–Crippen LogP) is 3.43. The number of carbonyl (C=O) groups is 3. The summed E-state index contributed by atoms with van der Waals surface area (Å²) in [6.07, 6.45) is 9.00. The highest BCUT2D eigenvalue weighted by molar-refractivity contribution is 6.00. The molecular formula is C23H31N3O3.